The zero-order valence-electron chi connectivity index (χ0n) is 9.97. The fraction of sp³-hybridized carbons (Fsp3) is 0.214. The molecule has 1 atom stereocenters. The quantitative estimate of drug-likeness (QED) is 0.744. The molecule has 1 heterocycles. The summed E-state index contributed by atoms with van der Waals surface area (Å²) in [6, 6.07) is 12.8. The minimum atomic E-state index is -1.10. The van der Waals surface area contributed by atoms with Gasteiger partial charge in [0.15, 0.2) is 6.10 Å². The number of nitrogens with one attached hydrogen (secondary N) is 2. The SMILES string of the molecule is O=C(NCCc1ccc[nH]1)[C@@H](O)c1ccccc1. The number of H-pyrrole nitrogens is 1. The number of aliphatic hydroxyl groups excluding tert-OH is 1. The summed E-state index contributed by atoms with van der Waals surface area (Å²) in [5.74, 6) is -0.368. The number of carbonyl (C=O) groups is 1. The summed E-state index contributed by atoms with van der Waals surface area (Å²) in [5, 5.41) is 12.5. The van der Waals surface area contributed by atoms with Gasteiger partial charge in [0.25, 0.3) is 5.91 Å². The molecule has 0 unspecified atom stereocenters. The molecular weight excluding hydrogens is 228 g/mol. The van der Waals surface area contributed by atoms with Crippen molar-refractivity contribution in [2.45, 2.75) is 12.5 Å². The number of aromatic amines is 1. The van der Waals surface area contributed by atoms with E-state index in [9.17, 15) is 9.90 Å². The molecule has 0 aliphatic heterocycles. The van der Waals surface area contributed by atoms with E-state index in [0.717, 1.165) is 12.1 Å². The lowest BCUT2D eigenvalue weighted by Crippen LogP contribution is -2.31. The van der Waals surface area contributed by atoms with Crippen molar-refractivity contribution in [3.05, 3.63) is 59.9 Å². The molecular formula is C14H16N2O2. The number of rotatable bonds is 5. The Morgan fingerprint density at radius 2 is 2.00 bits per heavy atom. The largest absolute Gasteiger partial charge is 0.378 e. The van der Waals surface area contributed by atoms with Crippen LogP contribution in [0.2, 0.25) is 0 Å². The molecule has 0 saturated carbocycles. The number of hydrogen-bond acceptors (Lipinski definition) is 2. The minimum Gasteiger partial charge on any atom is -0.378 e. The number of aromatic nitrogens is 1. The monoisotopic (exact) mass is 244 g/mol. The van der Waals surface area contributed by atoms with E-state index in [2.05, 4.69) is 10.3 Å². The molecule has 0 aliphatic rings. The average Bonchev–Trinajstić information content (AvgIpc) is 2.92. The van der Waals surface area contributed by atoms with Crippen molar-refractivity contribution in [3.63, 3.8) is 0 Å². The molecule has 0 spiro atoms. The Hall–Kier alpha value is -2.07. The van der Waals surface area contributed by atoms with Gasteiger partial charge in [-0.1, -0.05) is 30.3 Å². The lowest BCUT2D eigenvalue weighted by Gasteiger charge is -2.11. The second kappa shape index (κ2) is 6.02. The molecule has 1 aromatic carbocycles. The molecule has 2 rings (SSSR count). The second-order valence-electron chi connectivity index (χ2n) is 4.05. The van der Waals surface area contributed by atoms with Gasteiger partial charge in [-0.25, -0.2) is 0 Å². The molecule has 0 radical (unpaired) electrons. The van der Waals surface area contributed by atoms with E-state index >= 15 is 0 Å². The van der Waals surface area contributed by atoms with Gasteiger partial charge < -0.3 is 15.4 Å². The first-order valence-corrected chi connectivity index (χ1v) is 5.90. The summed E-state index contributed by atoms with van der Waals surface area (Å²) in [4.78, 5) is 14.8. The normalized spacial score (nSPS) is 12.1. The molecule has 2 aromatic rings. The second-order valence-corrected chi connectivity index (χ2v) is 4.05. The Labute approximate surface area is 106 Å². The first-order chi connectivity index (χ1) is 8.77. The maximum atomic E-state index is 11.7. The van der Waals surface area contributed by atoms with Crippen LogP contribution in [0.25, 0.3) is 0 Å². The first kappa shape index (κ1) is 12.4. The van der Waals surface area contributed by atoms with Crippen LogP contribution in [0.5, 0.6) is 0 Å². The molecule has 1 aromatic heterocycles. The fourth-order valence-corrected chi connectivity index (χ4v) is 1.73. The van der Waals surface area contributed by atoms with Crippen molar-refractivity contribution in [1.82, 2.24) is 10.3 Å². The van der Waals surface area contributed by atoms with Crippen molar-refractivity contribution >= 4 is 5.91 Å². The molecule has 1 amide bonds. The zero-order chi connectivity index (χ0) is 12.8. The lowest BCUT2D eigenvalue weighted by molar-refractivity contribution is -0.129. The minimum absolute atomic E-state index is 0.368. The number of benzene rings is 1. The molecule has 3 N–H and O–H groups in total. The Balaban J connectivity index is 1.81. The van der Waals surface area contributed by atoms with Gasteiger partial charge in [0.05, 0.1) is 0 Å². The molecule has 94 valence electrons. The van der Waals surface area contributed by atoms with Crippen LogP contribution < -0.4 is 5.32 Å². The van der Waals surface area contributed by atoms with Crippen molar-refractivity contribution in [1.29, 1.82) is 0 Å². The van der Waals surface area contributed by atoms with E-state index in [-0.39, 0.29) is 5.91 Å². The highest BCUT2D eigenvalue weighted by atomic mass is 16.3. The van der Waals surface area contributed by atoms with Gasteiger partial charge in [-0.3, -0.25) is 4.79 Å². The van der Waals surface area contributed by atoms with E-state index in [1.807, 2.05) is 24.4 Å². The van der Waals surface area contributed by atoms with Crippen molar-refractivity contribution in [2.24, 2.45) is 0 Å². The summed E-state index contributed by atoms with van der Waals surface area (Å²) < 4.78 is 0. The fourth-order valence-electron chi connectivity index (χ4n) is 1.73. The van der Waals surface area contributed by atoms with Gasteiger partial charge in [-0.15, -0.1) is 0 Å². The number of aliphatic hydroxyl groups is 1. The van der Waals surface area contributed by atoms with Gasteiger partial charge in [-0.2, -0.15) is 0 Å². The average molecular weight is 244 g/mol. The van der Waals surface area contributed by atoms with Crippen molar-refractivity contribution < 1.29 is 9.90 Å². The summed E-state index contributed by atoms with van der Waals surface area (Å²) in [6.45, 7) is 0.503. The van der Waals surface area contributed by atoms with E-state index in [0.29, 0.717) is 12.1 Å². The smallest absolute Gasteiger partial charge is 0.253 e. The molecule has 18 heavy (non-hydrogen) atoms. The van der Waals surface area contributed by atoms with E-state index in [4.69, 9.17) is 0 Å². The van der Waals surface area contributed by atoms with Crippen molar-refractivity contribution in [2.75, 3.05) is 6.54 Å². The third kappa shape index (κ3) is 3.21. The van der Waals surface area contributed by atoms with Gasteiger partial charge in [0.1, 0.15) is 0 Å². The lowest BCUT2D eigenvalue weighted by atomic mass is 10.1. The molecule has 4 nitrogen and oxygen atoms in total. The summed E-state index contributed by atoms with van der Waals surface area (Å²) in [6.07, 6.45) is 1.46. The standard InChI is InChI=1S/C14H16N2O2/c17-13(11-5-2-1-3-6-11)14(18)16-10-8-12-7-4-9-15-12/h1-7,9,13,15,17H,8,10H2,(H,16,18)/t13-/m0/s1. The van der Waals surface area contributed by atoms with E-state index in [1.165, 1.54) is 0 Å². The molecule has 0 aliphatic carbocycles. The highest BCUT2D eigenvalue weighted by Crippen LogP contribution is 2.11. The maximum Gasteiger partial charge on any atom is 0.253 e. The third-order valence-electron chi connectivity index (χ3n) is 2.72. The van der Waals surface area contributed by atoms with E-state index in [1.54, 1.807) is 24.3 Å². The third-order valence-corrected chi connectivity index (χ3v) is 2.72. The Morgan fingerprint density at radius 3 is 2.67 bits per heavy atom. The van der Waals surface area contributed by atoms with Crippen LogP contribution in [-0.2, 0) is 11.2 Å². The topological polar surface area (TPSA) is 65.1 Å². The molecule has 0 bridgehead atoms. The number of amides is 1. The highest BCUT2D eigenvalue weighted by molar-refractivity contribution is 5.81. The van der Waals surface area contributed by atoms with Crippen LogP contribution in [0.15, 0.2) is 48.7 Å². The van der Waals surface area contributed by atoms with Gasteiger partial charge in [0.2, 0.25) is 0 Å². The zero-order valence-corrected chi connectivity index (χ0v) is 9.97. The van der Waals surface area contributed by atoms with Gasteiger partial charge in [-0.05, 0) is 17.7 Å². The number of carbonyl (C=O) groups excluding carboxylic acids is 1. The van der Waals surface area contributed by atoms with Crippen LogP contribution in [-0.4, -0.2) is 22.5 Å². The first-order valence-electron chi connectivity index (χ1n) is 5.90. The maximum absolute atomic E-state index is 11.7. The predicted octanol–water partition coefficient (Wildman–Crippen LogP) is 1.41. The van der Waals surface area contributed by atoms with Gasteiger partial charge >= 0.3 is 0 Å². The van der Waals surface area contributed by atoms with Crippen LogP contribution >= 0.6 is 0 Å². The van der Waals surface area contributed by atoms with Crippen LogP contribution in [0.1, 0.15) is 17.4 Å². The van der Waals surface area contributed by atoms with Crippen LogP contribution in [0.4, 0.5) is 0 Å². The van der Waals surface area contributed by atoms with E-state index < -0.39 is 6.10 Å². The number of hydrogen-bond donors (Lipinski definition) is 3. The van der Waals surface area contributed by atoms with Crippen LogP contribution in [0, 0.1) is 0 Å². The molecule has 4 heteroatoms. The molecule has 0 saturated heterocycles. The summed E-state index contributed by atoms with van der Waals surface area (Å²) in [5.41, 5.74) is 1.67. The Bertz CT molecular complexity index is 480. The highest BCUT2D eigenvalue weighted by Gasteiger charge is 2.15. The Morgan fingerprint density at radius 1 is 1.22 bits per heavy atom. The predicted molar refractivity (Wildman–Crippen MR) is 68.9 cm³/mol. The van der Waals surface area contributed by atoms with Crippen LogP contribution in [0.3, 0.4) is 0 Å². The Kier molecular flexibility index (Phi) is 4.15. The molecule has 0 fully saturated rings. The summed E-state index contributed by atoms with van der Waals surface area (Å²) in [7, 11) is 0. The van der Waals surface area contributed by atoms with Crippen molar-refractivity contribution in [3.8, 4) is 0 Å². The van der Waals surface area contributed by atoms with Gasteiger partial charge in [0, 0.05) is 24.9 Å². The summed E-state index contributed by atoms with van der Waals surface area (Å²) >= 11 is 0.